The summed E-state index contributed by atoms with van der Waals surface area (Å²) in [5, 5.41) is 0.761. The molecule has 2 N–H and O–H groups in total. The smallest absolute Gasteiger partial charge is 0.0479 e. The lowest BCUT2D eigenvalue weighted by molar-refractivity contribution is 1.01. The summed E-state index contributed by atoms with van der Waals surface area (Å²) in [6, 6.07) is 5.77. The molecule has 13 heavy (non-hydrogen) atoms. The number of rotatable bonds is 3. The van der Waals surface area contributed by atoms with Crippen molar-refractivity contribution >= 4 is 33.6 Å². The van der Waals surface area contributed by atoms with Gasteiger partial charge in [0.05, 0.1) is 0 Å². The predicted molar refractivity (Wildman–Crippen MR) is 61.9 cm³/mol. The highest BCUT2D eigenvalue weighted by Crippen LogP contribution is 2.22. The van der Waals surface area contributed by atoms with E-state index in [9.17, 15) is 0 Å². The summed E-state index contributed by atoms with van der Waals surface area (Å²) < 4.78 is 1.03. The molecule has 0 bridgehead atoms. The highest BCUT2D eigenvalue weighted by atomic mass is 79.9. The monoisotopic (exact) mass is 259 g/mol. The van der Waals surface area contributed by atoms with Crippen LogP contribution in [0.3, 0.4) is 0 Å². The van der Waals surface area contributed by atoms with Gasteiger partial charge in [0.15, 0.2) is 0 Å². The average Bonchev–Trinajstić information content (AvgIpc) is 2.11. The molecule has 0 radical (unpaired) electrons. The lowest BCUT2D eigenvalue weighted by atomic mass is 10.2. The Hall–Kier alpha value is -0.310. The molecular weight excluding hydrogens is 249 g/mol. The summed E-state index contributed by atoms with van der Waals surface area (Å²) in [7, 11) is 0. The molecule has 3 heteroatoms. The second-order valence-corrected chi connectivity index (χ2v) is 3.97. The van der Waals surface area contributed by atoms with Crippen molar-refractivity contribution < 1.29 is 0 Å². The molecule has 0 aliphatic carbocycles. The van der Waals surface area contributed by atoms with E-state index in [-0.39, 0.29) is 0 Å². The van der Waals surface area contributed by atoms with E-state index in [0.717, 1.165) is 21.5 Å². The molecule has 70 valence electrons. The summed E-state index contributed by atoms with van der Waals surface area (Å²) in [5.74, 6) is 0. The Balaban J connectivity index is 2.81. The maximum absolute atomic E-state index is 5.97. The molecule has 0 aliphatic heterocycles. The van der Waals surface area contributed by atoms with Gasteiger partial charge in [0.25, 0.3) is 0 Å². The minimum atomic E-state index is 0.669. The van der Waals surface area contributed by atoms with E-state index in [4.69, 9.17) is 17.3 Å². The van der Waals surface area contributed by atoms with Crippen LogP contribution in [0.5, 0.6) is 0 Å². The van der Waals surface area contributed by atoms with Crippen LogP contribution in [-0.2, 0) is 0 Å². The lowest BCUT2D eigenvalue weighted by Crippen LogP contribution is -1.94. The molecule has 1 rings (SSSR count). The molecule has 0 heterocycles. The Bertz CT molecular complexity index is 310. The van der Waals surface area contributed by atoms with Crippen molar-refractivity contribution in [2.24, 2.45) is 5.73 Å². The number of benzene rings is 1. The third-order valence-corrected chi connectivity index (χ3v) is 2.43. The third-order valence-electron chi connectivity index (χ3n) is 1.59. The van der Waals surface area contributed by atoms with Crippen LogP contribution in [0.2, 0.25) is 5.02 Å². The first-order valence-electron chi connectivity index (χ1n) is 4.05. The standard InChI is InChI=1S/C10H11BrClN/c11-9-4-5-10(12)8(7-9)3-1-2-6-13/h1,3-5,7H,2,6,13H2. The van der Waals surface area contributed by atoms with Crippen molar-refractivity contribution in [3.8, 4) is 0 Å². The minimum Gasteiger partial charge on any atom is -0.330 e. The van der Waals surface area contributed by atoms with Crippen LogP contribution in [0.1, 0.15) is 12.0 Å². The van der Waals surface area contributed by atoms with E-state index < -0.39 is 0 Å². The zero-order chi connectivity index (χ0) is 9.68. The molecule has 0 spiro atoms. The predicted octanol–water partition coefficient (Wildman–Crippen LogP) is 3.46. The van der Waals surface area contributed by atoms with E-state index in [0.29, 0.717) is 6.54 Å². The van der Waals surface area contributed by atoms with Crippen molar-refractivity contribution in [3.63, 3.8) is 0 Å². The van der Waals surface area contributed by atoms with E-state index >= 15 is 0 Å². The average molecular weight is 261 g/mol. The molecule has 0 saturated heterocycles. The normalized spacial score (nSPS) is 11.0. The Morgan fingerprint density at radius 3 is 2.92 bits per heavy atom. The SMILES string of the molecule is NCCC=Cc1cc(Br)ccc1Cl. The van der Waals surface area contributed by atoms with Gasteiger partial charge in [-0.3, -0.25) is 0 Å². The molecule has 0 amide bonds. The van der Waals surface area contributed by atoms with E-state index in [1.54, 1.807) is 0 Å². The van der Waals surface area contributed by atoms with Gasteiger partial charge < -0.3 is 5.73 Å². The summed E-state index contributed by atoms with van der Waals surface area (Å²) in [6.45, 7) is 0.669. The van der Waals surface area contributed by atoms with Crippen LogP contribution in [-0.4, -0.2) is 6.54 Å². The van der Waals surface area contributed by atoms with Crippen molar-refractivity contribution in [1.82, 2.24) is 0 Å². The van der Waals surface area contributed by atoms with Gasteiger partial charge in [-0.2, -0.15) is 0 Å². The van der Waals surface area contributed by atoms with Crippen molar-refractivity contribution in [1.29, 1.82) is 0 Å². The first kappa shape index (κ1) is 10.8. The second kappa shape index (κ2) is 5.43. The minimum absolute atomic E-state index is 0.669. The summed E-state index contributed by atoms with van der Waals surface area (Å²) in [5.41, 5.74) is 6.39. The quantitative estimate of drug-likeness (QED) is 0.885. The Morgan fingerprint density at radius 2 is 2.23 bits per heavy atom. The van der Waals surface area contributed by atoms with Crippen LogP contribution in [0.25, 0.3) is 6.08 Å². The molecule has 0 saturated carbocycles. The topological polar surface area (TPSA) is 26.0 Å². The zero-order valence-electron chi connectivity index (χ0n) is 7.13. The Kier molecular flexibility index (Phi) is 4.50. The van der Waals surface area contributed by atoms with Gasteiger partial charge in [0.2, 0.25) is 0 Å². The van der Waals surface area contributed by atoms with Crippen LogP contribution < -0.4 is 5.73 Å². The van der Waals surface area contributed by atoms with Crippen molar-refractivity contribution in [2.45, 2.75) is 6.42 Å². The highest BCUT2D eigenvalue weighted by molar-refractivity contribution is 9.10. The molecule has 1 aromatic rings. The molecule has 0 unspecified atom stereocenters. The molecule has 0 aliphatic rings. The van der Waals surface area contributed by atoms with Gasteiger partial charge in [-0.25, -0.2) is 0 Å². The maximum Gasteiger partial charge on any atom is 0.0479 e. The molecule has 1 aromatic carbocycles. The second-order valence-electron chi connectivity index (χ2n) is 2.65. The van der Waals surface area contributed by atoms with E-state index in [2.05, 4.69) is 15.9 Å². The lowest BCUT2D eigenvalue weighted by Gasteiger charge is -1.98. The molecule has 0 fully saturated rings. The van der Waals surface area contributed by atoms with Crippen LogP contribution >= 0.6 is 27.5 Å². The summed E-state index contributed by atoms with van der Waals surface area (Å²) >= 11 is 9.36. The fourth-order valence-corrected chi connectivity index (χ4v) is 1.51. The molecular formula is C10H11BrClN. The van der Waals surface area contributed by atoms with Crippen molar-refractivity contribution in [2.75, 3.05) is 6.54 Å². The van der Waals surface area contributed by atoms with E-state index in [1.165, 1.54) is 0 Å². The third kappa shape index (κ3) is 3.51. The summed E-state index contributed by atoms with van der Waals surface area (Å²) in [6.07, 6.45) is 4.89. The fourth-order valence-electron chi connectivity index (χ4n) is 0.949. The molecule has 1 nitrogen and oxygen atoms in total. The first-order chi connectivity index (χ1) is 6.24. The number of hydrogen-bond acceptors (Lipinski definition) is 1. The molecule has 0 atom stereocenters. The van der Waals surface area contributed by atoms with Crippen LogP contribution in [0.4, 0.5) is 0 Å². The number of hydrogen-bond donors (Lipinski definition) is 1. The zero-order valence-corrected chi connectivity index (χ0v) is 9.48. The van der Waals surface area contributed by atoms with Crippen LogP contribution in [0.15, 0.2) is 28.7 Å². The van der Waals surface area contributed by atoms with Gasteiger partial charge in [0, 0.05) is 9.50 Å². The largest absolute Gasteiger partial charge is 0.330 e. The summed E-state index contributed by atoms with van der Waals surface area (Å²) in [4.78, 5) is 0. The van der Waals surface area contributed by atoms with Gasteiger partial charge in [-0.15, -0.1) is 0 Å². The van der Waals surface area contributed by atoms with E-state index in [1.807, 2.05) is 30.4 Å². The fraction of sp³-hybridized carbons (Fsp3) is 0.200. The van der Waals surface area contributed by atoms with Gasteiger partial charge in [0.1, 0.15) is 0 Å². The highest BCUT2D eigenvalue weighted by Gasteiger charge is 1.95. The maximum atomic E-state index is 5.97. The Morgan fingerprint density at radius 1 is 1.46 bits per heavy atom. The van der Waals surface area contributed by atoms with Gasteiger partial charge in [-0.05, 0) is 36.7 Å². The van der Waals surface area contributed by atoms with Gasteiger partial charge >= 0.3 is 0 Å². The Labute approximate surface area is 91.7 Å². The van der Waals surface area contributed by atoms with Crippen molar-refractivity contribution in [3.05, 3.63) is 39.3 Å². The first-order valence-corrected chi connectivity index (χ1v) is 5.23. The van der Waals surface area contributed by atoms with Gasteiger partial charge in [-0.1, -0.05) is 39.7 Å². The molecule has 0 aromatic heterocycles. The van der Waals surface area contributed by atoms with Crippen LogP contribution in [0, 0.1) is 0 Å². The number of nitrogens with two attached hydrogens (primary N) is 1. The number of halogens is 2.